The van der Waals surface area contributed by atoms with E-state index in [4.69, 9.17) is 5.73 Å². The van der Waals surface area contributed by atoms with Crippen LogP contribution in [-0.4, -0.2) is 23.8 Å². The average molecular weight is 288 g/mol. The predicted molar refractivity (Wildman–Crippen MR) is 79.8 cm³/mol. The minimum atomic E-state index is -0.504. The molecule has 0 bridgehead atoms. The number of amides is 2. The van der Waals surface area contributed by atoms with Gasteiger partial charge in [-0.2, -0.15) is 0 Å². The molecule has 1 aromatic carbocycles. The van der Waals surface area contributed by atoms with Gasteiger partial charge in [0, 0.05) is 13.6 Å². The second-order valence-corrected chi connectivity index (χ2v) is 5.76. The molecule has 0 saturated carbocycles. The summed E-state index contributed by atoms with van der Waals surface area (Å²) in [5.41, 5.74) is 7.43. The molecular weight excluding hydrogens is 272 g/mol. The Morgan fingerprint density at radius 2 is 1.90 bits per heavy atom. The maximum absolute atomic E-state index is 12.3. The predicted octanol–water partition coefficient (Wildman–Crippen LogP) is 2.43. The Labute approximate surface area is 121 Å². The fourth-order valence-corrected chi connectivity index (χ4v) is 2.78. The fourth-order valence-electron chi connectivity index (χ4n) is 1.93. The zero-order valence-corrected chi connectivity index (χ0v) is 12.2. The summed E-state index contributed by atoms with van der Waals surface area (Å²) in [7, 11) is 1.74. The quantitative estimate of drug-likeness (QED) is 0.939. The van der Waals surface area contributed by atoms with Gasteiger partial charge in [0.25, 0.3) is 11.8 Å². The molecule has 5 heteroatoms. The van der Waals surface area contributed by atoms with Gasteiger partial charge >= 0.3 is 0 Å². The Morgan fingerprint density at radius 1 is 1.20 bits per heavy atom. The second kappa shape index (κ2) is 5.88. The number of aryl methyl sites for hydroxylation is 1. The summed E-state index contributed by atoms with van der Waals surface area (Å²) < 4.78 is 0. The average Bonchev–Trinajstić information content (AvgIpc) is 2.87. The second-order valence-electron chi connectivity index (χ2n) is 4.68. The Morgan fingerprint density at radius 3 is 2.50 bits per heavy atom. The highest BCUT2D eigenvalue weighted by Gasteiger charge is 2.16. The Balaban J connectivity index is 2.10. The highest BCUT2D eigenvalue weighted by atomic mass is 32.1. The van der Waals surface area contributed by atoms with Gasteiger partial charge in [-0.25, -0.2) is 0 Å². The summed E-state index contributed by atoms with van der Waals surface area (Å²) in [6, 6.07) is 11.2. The molecule has 0 fully saturated rings. The molecule has 0 aliphatic rings. The van der Waals surface area contributed by atoms with Crippen molar-refractivity contribution in [2.24, 2.45) is 5.73 Å². The zero-order valence-electron chi connectivity index (χ0n) is 11.4. The maximum Gasteiger partial charge on any atom is 0.263 e. The first-order valence-corrected chi connectivity index (χ1v) is 6.99. The lowest BCUT2D eigenvalue weighted by Gasteiger charge is -2.16. The molecule has 2 aromatic rings. The molecule has 1 aromatic heterocycles. The van der Waals surface area contributed by atoms with Crippen LogP contribution in [0.5, 0.6) is 0 Å². The monoisotopic (exact) mass is 288 g/mol. The Kier molecular flexibility index (Phi) is 4.20. The molecular formula is C15H16N2O2S. The number of nitrogens with zero attached hydrogens (tertiary/aromatic N) is 1. The number of carbonyl (C=O) groups is 2. The van der Waals surface area contributed by atoms with Crippen LogP contribution in [0.25, 0.3) is 0 Å². The normalized spacial score (nSPS) is 10.3. The molecule has 0 aliphatic heterocycles. The van der Waals surface area contributed by atoms with Crippen LogP contribution in [0.2, 0.25) is 0 Å². The van der Waals surface area contributed by atoms with E-state index >= 15 is 0 Å². The zero-order chi connectivity index (χ0) is 14.7. The summed E-state index contributed by atoms with van der Waals surface area (Å²) in [4.78, 5) is 25.8. The van der Waals surface area contributed by atoms with E-state index < -0.39 is 5.91 Å². The topological polar surface area (TPSA) is 63.4 Å². The Hall–Kier alpha value is -2.14. The number of benzene rings is 1. The SMILES string of the molecule is Cc1cccc(CN(C)C(=O)c2ccc(C(N)=O)s2)c1. The van der Waals surface area contributed by atoms with Gasteiger partial charge in [0.15, 0.2) is 0 Å². The number of hydrogen-bond acceptors (Lipinski definition) is 3. The van der Waals surface area contributed by atoms with Crippen LogP contribution in [0, 0.1) is 6.92 Å². The van der Waals surface area contributed by atoms with E-state index in [1.54, 1.807) is 24.1 Å². The maximum atomic E-state index is 12.3. The van der Waals surface area contributed by atoms with Gasteiger partial charge < -0.3 is 10.6 Å². The van der Waals surface area contributed by atoms with Crippen LogP contribution in [-0.2, 0) is 6.54 Å². The molecule has 0 aliphatic carbocycles. The highest BCUT2D eigenvalue weighted by molar-refractivity contribution is 7.15. The van der Waals surface area contributed by atoms with Gasteiger partial charge in [-0.1, -0.05) is 29.8 Å². The van der Waals surface area contributed by atoms with Gasteiger partial charge in [-0.3, -0.25) is 9.59 Å². The van der Waals surface area contributed by atoms with Crippen molar-refractivity contribution >= 4 is 23.2 Å². The Bertz CT molecular complexity index is 649. The molecule has 2 rings (SSSR count). The number of rotatable bonds is 4. The number of carbonyl (C=O) groups excluding carboxylic acids is 2. The number of nitrogens with two attached hydrogens (primary N) is 1. The van der Waals surface area contributed by atoms with Crippen LogP contribution in [0.15, 0.2) is 36.4 Å². The molecule has 0 unspecified atom stereocenters. The lowest BCUT2D eigenvalue weighted by Crippen LogP contribution is -2.25. The summed E-state index contributed by atoms with van der Waals surface area (Å²) in [6.45, 7) is 2.55. The molecule has 20 heavy (non-hydrogen) atoms. The van der Waals surface area contributed by atoms with E-state index in [0.717, 1.165) is 22.5 Å². The fraction of sp³-hybridized carbons (Fsp3) is 0.200. The third-order valence-corrected chi connectivity index (χ3v) is 4.00. The first-order valence-electron chi connectivity index (χ1n) is 6.18. The van der Waals surface area contributed by atoms with Gasteiger partial charge in [0.05, 0.1) is 9.75 Å². The van der Waals surface area contributed by atoms with Gasteiger partial charge in [0.2, 0.25) is 0 Å². The van der Waals surface area contributed by atoms with Gasteiger partial charge in [-0.05, 0) is 24.6 Å². The first kappa shape index (κ1) is 14.3. The highest BCUT2D eigenvalue weighted by Crippen LogP contribution is 2.18. The lowest BCUT2D eigenvalue weighted by molar-refractivity contribution is 0.0789. The van der Waals surface area contributed by atoms with Crippen LogP contribution in [0.1, 0.15) is 30.5 Å². The van der Waals surface area contributed by atoms with Crippen molar-refractivity contribution in [3.05, 3.63) is 57.3 Å². The third-order valence-electron chi connectivity index (χ3n) is 2.91. The van der Waals surface area contributed by atoms with Crippen molar-refractivity contribution in [2.45, 2.75) is 13.5 Å². The van der Waals surface area contributed by atoms with E-state index in [0.29, 0.717) is 16.3 Å². The minimum absolute atomic E-state index is 0.107. The minimum Gasteiger partial charge on any atom is -0.365 e. The smallest absolute Gasteiger partial charge is 0.263 e. The summed E-state index contributed by atoms with van der Waals surface area (Å²) in [6.07, 6.45) is 0. The molecule has 2 amide bonds. The number of thiophene rings is 1. The van der Waals surface area contributed by atoms with Gasteiger partial charge in [-0.15, -0.1) is 11.3 Å². The molecule has 0 radical (unpaired) electrons. The van der Waals surface area contributed by atoms with Crippen molar-refractivity contribution in [3.63, 3.8) is 0 Å². The van der Waals surface area contributed by atoms with Crippen LogP contribution >= 0.6 is 11.3 Å². The molecule has 1 heterocycles. The largest absolute Gasteiger partial charge is 0.365 e. The van der Waals surface area contributed by atoms with Crippen LogP contribution < -0.4 is 5.73 Å². The van der Waals surface area contributed by atoms with Crippen molar-refractivity contribution in [1.82, 2.24) is 4.90 Å². The number of hydrogen-bond donors (Lipinski definition) is 1. The molecule has 0 spiro atoms. The van der Waals surface area contributed by atoms with E-state index in [9.17, 15) is 9.59 Å². The van der Waals surface area contributed by atoms with Crippen molar-refractivity contribution < 1.29 is 9.59 Å². The van der Waals surface area contributed by atoms with Crippen LogP contribution in [0.3, 0.4) is 0 Å². The third kappa shape index (κ3) is 3.24. The van der Waals surface area contributed by atoms with E-state index in [-0.39, 0.29) is 5.91 Å². The molecule has 0 atom stereocenters. The van der Waals surface area contributed by atoms with Crippen LogP contribution in [0.4, 0.5) is 0 Å². The van der Waals surface area contributed by atoms with Crippen molar-refractivity contribution in [2.75, 3.05) is 7.05 Å². The van der Waals surface area contributed by atoms with Crippen molar-refractivity contribution in [3.8, 4) is 0 Å². The van der Waals surface area contributed by atoms with E-state index in [1.165, 1.54) is 0 Å². The van der Waals surface area contributed by atoms with Gasteiger partial charge in [0.1, 0.15) is 0 Å². The first-order chi connectivity index (χ1) is 9.47. The molecule has 4 nitrogen and oxygen atoms in total. The summed E-state index contributed by atoms with van der Waals surface area (Å²) in [5, 5.41) is 0. The van der Waals surface area contributed by atoms with Crippen molar-refractivity contribution in [1.29, 1.82) is 0 Å². The lowest BCUT2D eigenvalue weighted by atomic mass is 10.1. The standard InChI is InChI=1S/C15H16N2O2S/c1-10-4-3-5-11(8-10)9-17(2)15(19)13-7-6-12(20-13)14(16)18/h3-8H,9H2,1-2H3,(H2,16,18). The molecule has 104 valence electrons. The molecule has 2 N–H and O–H groups in total. The number of primary amides is 1. The van der Waals surface area contributed by atoms with E-state index in [1.807, 2.05) is 31.2 Å². The summed E-state index contributed by atoms with van der Waals surface area (Å²) in [5.74, 6) is -0.612. The van der Waals surface area contributed by atoms with E-state index in [2.05, 4.69) is 0 Å². The summed E-state index contributed by atoms with van der Waals surface area (Å²) >= 11 is 1.13. The molecule has 0 saturated heterocycles.